The van der Waals surface area contributed by atoms with Crippen LogP contribution >= 0.6 is 11.3 Å². The van der Waals surface area contributed by atoms with Gasteiger partial charge in [-0.1, -0.05) is 152 Å². The van der Waals surface area contributed by atoms with Crippen LogP contribution in [-0.2, 0) is 0 Å². The highest BCUT2D eigenvalue weighted by atomic mass is 32.1. The summed E-state index contributed by atoms with van der Waals surface area (Å²) in [6.45, 7) is 0. The van der Waals surface area contributed by atoms with Crippen LogP contribution in [0.25, 0.3) is 80.7 Å². The number of rotatable bonds is 6. The molecule has 0 aliphatic heterocycles. The zero-order valence-electron chi connectivity index (χ0n) is 29.9. The summed E-state index contributed by atoms with van der Waals surface area (Å²) in [5.74, 6) is 0. The van der Waals surface area contributed by atoms with Crippen molar-refractivity contribution in [2.45, 2.75) is 0 Å². The van der Waals surface area contributed by atoms with E-state index in [0.29, 0.717) is 0 Å². The summed E-state index contributed by atoms with van der Waals surface area (Å²) in [5, 5.41) is 7.52. The van der Waals surface area contributed by atoms with Gasteiger partial charge in [-0.05, 0) is 82.1 Å². The van der Waals surface area contributed by atoms with E-state index in [1.165, 1.54) is 69.4 Å². The van der Waals surface area contributed by atoms with E-state index in [4.69, 9.17) is 0 Å². The molecule has 2 nitrogen and oxygen atoms in total. The molecule has 0 fully saturated rings. The maximum absolute atomic E-state index is 2.50. The van der Waals surface area contributed by atoms with Gasteiger partial charge in [-0.15, -0.1) is 11.3 Å². The second-order valence-electron chi connectivity index (χ2n) is 14.1. The Balaban J connectivity index is 1.25. The van der Waals surface area contributed by atoms with Crippen molar-refractivity contribution < 1.29 is 0 Å². The summed E-state index contributed by atoms with van der Waals surface area (Å²) in [6, 6.07) is 75.4. The lowest BCUT2D eigenvalue weighted by molar-refractivity contribution is 1.15. The van der Waals surface area contributed by atoms with E-state index in [2.05, 4.69) is 216 Å². The molecule has 11 rings (SSSR count). The van der Waals surface area contributed by atoms with E-state index in [1.54, 1.807) is 0 Å². The Labute approximate surface area is 323 Å². The molecule has 9 aromatic carbocycles. The molecule has 0 unspecified atom stereocenters. The second-order valence-corrected chi connectivity index (χ2v) is 15.2. The molecule has 0 saturated carbocycles. The normalized spacial score (nSPS) is 11.6. The van der Waals surface area contributed by atoms with Crippen LogP contribution in [0.15, 0.2) is 206 Å². The minimum atomic E-state index is 1.10. The maximum atomic E-state index is 2.50. The second kappa shape index (κ2) is 12.9. The molecule has 2 heterocycles. The number of thiophene rings is 1. The van der Waals surface area contributed by atoms with Crippen LogP contribution in [0.1, 0.15) is 0 Å². The predicted octanol–water partition coefficient (Wildman–Crippen LogP) is 15.1. The van der Waals surface area contributed by atoms with Crippen molar-refractivity contribution in [3.05, 3.63) is 206 Å². The van der Waals surface area contributed by atoms with Crippen LogP contribution in [0.5, 0.6) is 0 Å². The number of hydrogen-bond acceptors (Lipinski definition) is 2. The molecule has 2 aromatic heterocycles. The van der Waals surface area contributed by atoms with Crippen LogP contribution < -0.4 is 4.90 Å². The summed E-state index contributed by atoms with van der Waals surface area (Å²) in [7, 11) is 0. The average molecular weight is 719 g/mol. The van der Waals surface area contributed by atoms with Crippen molar-refractivity contribution in [3.63, 3.8) is 0 Å². The van der Waals surface area contributed by atoms with Gasteiger partial charge >= 0.3 is 0 Å². The summed E-state index contributed by atoms with van der Waals surface area (Å²) >= 11 is 1.86. The molecule has 55 heavy (non-hydrogen) atoms. The quantitative estimate of drug-likeness (QED) is 0.166. The van der Waals surface area contributed by atoms with E-state index >= 15 is 0 Å². The predicted molar refractivity (Wildman–Crippen MR) is 237 cm³/mol. The Kier molecular flexibility index (Phi) is 7.39. The molecular weight excluding hydrogens is 685 g/mol. The third-order valence-corrected chi connectivity index (χ3v) is 12.1. The molecule has 0 amide bonds. The average Bonchev–Trinajstić information content (AvgIpc) is 3.80. The summed E-state index contributed by atoms with van der Waals surface area (Å²) in [5.41, 5.74) is 11.5. The molecule has 0 N–H and O–H groups in total. The van der Waals surface area contributed by atoms with E-state index in [-0.39, 0.29) is 0 Å². The van der Waals surface area contributed by atoms with Crippen molar-refractivity contribution in [2.75, 3.05) is 4.90 Å². The number of nitrogens with zero attached hydrogens (tertiary/aromatic N) is 2. The van der Waals surface area contributed by atoms with Gasteiger partial charge < -0.3 is 9.47 Å². The topological polar surface area (TPSA) is 8.17 Å². The van der Waals surface area contributed by atoms with E-state index < -0.39 is 0 Å². The minimum absolute atomic E-state index is 1.10. The number of aromatic nitrogens is 1. The highest BCUT2D eigenvalue weighted by Gasteiger charge is 2.24. The van der Waals surface area contributed by atoms with E-state index in [1.807, 2.05) is 11.3 Å². The zero-order chi connectivity index (χ0) is 36.3. The fourth-order valence-corrected chi connectivity index (χ4v) is 9.60. The Bertz CT molecular complexity index is 3170. The monoisotopic (exact) mass is 718 g/mol. The number of para-hydroxylation sites is 4. The maximum Gasteiger partial charge on any atom is 0.0702 e. The highest BCUT2D eigenvalue weighted by Crippen LogP contribution is 2.48. The van der Waals surface area contributed by atoms with Crippen molar-refractivity contribution in [1.82, 2.24) is 4.57 Å². The first-order valence-electron chi connectivity index (χ1n) is 18.8. The Morgan fingerprint density at radius 2 is 1.00 bits per heavy atom. The Morgan fingerprint density at radius 1 is 0.364 bits per heavy atom. The number of hydrogen-bond donors (Lipinski definition) is 0. The van der Waals surface area contributed by atoms with E-state index in [9.17, 15) is 0 Å². The van der Waals surface area contributed by atoms with Crippen molar-refractivity contribution in [3.8, 4) is 27.9 Å². The molecule has 0 spiro atoms. The van der Waals surface area contributed by atoms with Gasteiger partial charge in [-0.25, -0.2) is 0 Å². The number of fused-ring (bicyclic) bond motifs is 7. The lowest BCUT2D eigenvalue weighted by Gasteiger charge is -2.31. The van der Waals surface area contributed by atoms with Crippen LogP contribution in [0.4, 0.5) is 17.1 Å². The van der Waals surface area contributed by atoms with Gasteiger partial charge in [0.1, 0.15) is 0 Å². The summed E-state index contributed by atoms with van der Waals surface area (Å²) in [4.78, 5) is 2.50. The first-order valence-corrected chi connectivity index (χ1v) is 19.6. The van der Waals surface area contributed by atoms with Gasteiger partial charge in [-0.2, -0.15) is 0 Å². The van der Waals surface area contributed by atoms with Crippen LogP contribution in [0.3, 0.4) is 0 Å². The lowest BCUT2D eigenvalue weighted by atomic mass is 9.94. The molecule has 258 valence electrons. The molecule has 0 aliphatic carbocycles. The smallest absolute Gasteiger partial charge is 0.0702 e. The van der Waals surface area contributed by atoms with Crippen molar-refractivity contribution in [1.29, 1.82) is 0 Å². The molecule has 0 aliphatic rings. The van der Waals surface area contributed by atoms with Crippen LogP contribution in [-0.4, -0.2) is 4.57 Å². The third kappa shape index (κ3) is 5.16. The van der Waals surface area contributed by atoms with E-state index in [0.717, 1.165) is 28.3 Å². The molecule has 0 atom stereocenters. The molecule has 0 bridgehead atoms. The van der Waals surface area contributed by atoms with Gasteiger partial charge in [0.05, 0.1) is 28.1 Å². The SMILES string of the molecule is c1ccc(-c2ccc(-c3cccc4ccccc34)cc2N(c2ccc3sc4ccccc4c3c2)c2ccccc2-n2c3ccccc3c3ccccc32)cc1. The van der Waals surface area contributed by atoms with Gasteiger partial charge in [0.15, 0.2) is 0 Å². The van der Waals surface area contributed by atoms with Gasteiger partial charge in [0, 0.05) is 42.2 Å². The molecule has 0 radical (unpaired) electrons. The van der Waals surface area contributed by atoms with Crippen molar-refractivity contribution >= 4 is 81.1 Å². The fourth-order valence-electron chi connectivity index (χ4n) is 8.51. The Hall–Kier alpha value is -6.94. The van der Waals surface area contributed by atoms with Gasteiger partial charge in [0.2, 0.25) is 0 Å². The zero-order valence-corrected chi connectivity index (χ0v) is 30.7. The summed E-state index contributed by atoms with van der Waals surface area (Å²) < 4.78 is 5.03. The molecule has 11 aromatic rings. The van der Waals surface area contributed by atoms with Crippen LogP contribution in [0, 0.1) is 0 Å². The van der Waals surface area contributed by atoms with Gasteiger partial charge in [0.25, 0.3) is 0 Å². The number of benzene rings is 9. The largest absolute Gasteiger partial charge is 0.308 e. The first kappa shape index (κ1) is 31.6. The van der Waals surface area contributed by atoms with Crippen LogP contribution in [0.2, 0.25) is 0 Å². The number of anilines is 3. The minimum Gasteiger partial charge on any atom is -0.308 e. The fraction of sp³-hybridized carbons (Fsp3) is 0. The molecular formula is C52H34N2S. The summed E-state index contributed by atoms with van der Waals surface area (Å²) in [6.07, 6.45) is 0. The molecule has 0 saturated heterocycles. The molecule has 3 heteroatoms. The highest BCUT2D eigenvalue weighted by molar-refractivity contribution is 7.25. The Morgan fingerprint density at radius 3 is 1.82 bits per heavy atom. The standard InChI is InChI=1S/C52H34N2S/c1-2-15-36(16-3-1)41-31-29-37(40-23-14-18-35-17-4-5-19-39(35)40)33-50(41)53(38-30-32-52-45(34-38)44-22-8-13-28-51(44)55-52)48-26-11-12-27-49(48)54-46-24-9-6-20-42(46)43-21-7-10-25-47(43)54/h1-34H. The third-order valence-electron chi connectivity index (χ3n) is 11.0. The lowest BCUT2D eigenvalue weighted by Crippen LogP contribution is -2.14. The van der Waals surface area contributed by atoms with Gasteiger partial charge in [-0.3, -0.25) is 0 Å². The first-order chi connectivity index (χ1) is 27.3. The van der Waals surface area contributed by atoms with Crippen molar-refractivity contribution in [2.24, 2.45) is 0 Å².